The third-order valence-electron chi connectivity index (χ3n) is 12.8. The highest BCUT2D eigenvalue weighted by Crippen LogP contribution is 2.18. The summed E-state index contributed by atoms with van der Waals surface area (Å²) >= 11 is 0. The summed E-state index contributed by atoms with van der Waals surface area (Å²) in [6.07, 6.45) is 55.6. The fraction of sp³-hybridized carbons (Fsp3) is 0.927. The molecule has 0 spiro atoms. The van der Waals surface area contributed by atoms with E-state index in [1.54, 1.807) is 0 Å². The number of allylic oxidation sites excluding steroid dienone is 2. The SMILES string of the molecule is CCCCCCCCC/C=C\CCCC(CC(=O)NC(CO)C(O)CCCCCCCCCCCCCCCCC)OC(=O)CCCCCCCCCCCCCCCCC. The molecule has 0 aliphatic carbocycles. The lowest BCUT2D eigenvalue weighted by Gasteiger charge is -2.24. The Kier molecular flexibility index (Phi) is 48.5. The quantitative estimate of drug-likeness (QED) is 0.0322. The van der Waals surface area contributed by atoms with Crippen LogP contribution < -0.4 is 5.32 Å². The van der Waals surface area contributed by atoms with Crippen LogP contribution in [0.2, 0.25) is 0 Å². The van der Waals surface area contributed by atoms with Gasteiger partial charge in [0.2, 0.25) is 5.91 Å². The Balaban J connectivity index is 4.50. The molecule has 3 atom stereocenters. The number of aliphatic hydroxyl groups excluding tert-OH is 2. The summed E-state index contributed by atoms with van der Waals surface area (Å²) in [7, 11) is 0. The summed E-state index contributed by atoms with van der Waals surface area (Å²) in [6.45, 7) is 6.50. The number of esters is 1. The highest BCUT2D eigenvalue weighted by Gasteiger charge is 2.24. The van der Waals surface area contributed by atoms with Crippen molar-refractivity contribution in [2.75, 3.05) is 6.61 Å². The first-order chi connectivity index (χ1) is 30.0. The summed E-state index contributed by atoms with van der Waals surface area (Å²) in [5.74, 6) is -0.484. The van der Waals surface area contributed by atoms with E-state index in [9.17, 15) is 19.8 Å². The number of unbranched alkanes of at least 4 members (excludes halogenated alkanes) is 36. The first kappa shape index (κ1) is 59.6. The molecule has 0 bridgehead atoms. The van der Waals surface area contributed by atoms with Crippen molar-refractivity contribution in [3.05, 3.63) is 12.2 Å². The third-order valence-corrected chi connectivity index (χ3v) is 12.8. The molecule has 0 saturated carbocycles. The Bertz CT molecular complexity index is 924. The second-order valence-electron chi connectivity index (χ2n) is 19.0. The topological polar surface area (TPSA) is 95.9 Å². The summed E-state index contributed by atoms with van der Waals surface area (Å²) in [4.78, 5) is 26.2. The maximum atomic E-state index is 13.2. The zero-order valence-corrected chi connectivity index (χ0v) is 41.3. The molecule has 0 aromatic rings. The minimum atomic E-state index is -0.788. The number of hydrogen-bond acceptors (Lipinski definition) is 5. The number of carbonyl (C=O) groups is 2. The van der Waals surface area contributed by atoms with Crippen molar-refractivity contribution < 1.29 is 24.5 Å². The highest BCUT2D eigenvalue weighted by molar-refractivity contribution is 5.77. The van der Waals surface area contributed by atoms with Crippen LogP contribution in [0.3, 0.4) is 0 Å². The van der Waals surface area contributed by atoms with E-state index in [0.29, 0.717) is 19.3 Å². The number of carbonyl (C=O) groups excluding carboxylic acids is 2. The second-order valence-corrected chi connectivity index (χ2v) is 19.0. The van der Waals surface area contributed by atoms with Gasteiger partial charge in [0.15, 0.2) is 0 Å². The number of rotatable bonds is 50. The van der Waals surface area contributed by atoms with Crippen LogP contribution in [0.1, 0.15) is 303 Å². The normalized spacial score (nSPS) is 13.2. The van der Waals surface area contributed by atoms with Gasteiger partial charge in [-0.05, 0) is 44.9 Å². The van der Waals surface area contributed by atoms with E-state index in [1.165, 1.54) is 205 Å². The van der Waals surface area contributed by atoms with Gasteiger partial charge < -0.3 is 20.3 Å². The van der Waals surface area contributed by atoms with Crippen LogP contribution in [0, 0.1) is 0 Å². The largest absolute Gasteiger partial charge is 0.462 e. The fourth-order valence-corrected chi connectivity index (χ4v) is 8.67. The molecule has 6 nitrogen and oxygen atoms in total. The second kappa shape index (κ2) is 49.6. The Morgan fingerprint density at radius 3 is 1.20 bits per heavy atom. The maximum absolute atomic E-state index is 13.2. The average Bonchev–Trinajstić information content (AvgIpc) is 3.25. The van der Waals surface area contributed by atoms with Crippen LogP contribution in [-0.4, -0.2) is 46.9 Å². The summed E-state index contributed by atoms with van der Waals surface area (Å²) in [6, 6.07) is -0.703. The predicted octanol–water partition coefficient (Wildman–Crippen LogP) is 16.5. The Morgan fingerprint density at radius 1 is 0.459 bits per heavy atom. The minimum Gasteiger partial charge on any atom is -0.462 e. The molecule has 0 saturated heterocycles. The van der Waals surface area contributed by atoms with Gasteiger partial charge in [0.05, 0.1) is 25.2 Å². The van der Waals surface area contributed by atoms with Crippen molar-refractivity contribution in [1.29, 1.82) is 0 Å². The average molecular weight is 862 g/mol. The number of hydrogen-bond donors (Lipinski definition) is 3. The van der Waals surface area contributed by atoms with Crippen LogP contribution in [-0.2, 0) is 14.3 Å². The summed E-state index contributed by atoms with van der Waals surface area (Å²) in [5.41, 5.74) is 0. The van der Waals surface area contributed by atoms with Crippen molar-refractivity contribution in [1.82, 2.24) is 5.32 Å². The fourth-order valence-electron chi connectivity index (χ4n) is 8.67. The zero-order chi connectivity index (χ0) is 44.5. The van der Waals surface area contributed by atoms with Crippen LogP contribution in [0.25, 0.3) is 0 Å². The predicted molar refractivity (Wildman–Crippen MR) is 264 cm³/mol. The molecule has 0 radical (unpaired) electrons. The summed E-state index contributed by atoms with van der Waals surface area (Å²) < 4.78 is 5.93. The maximum Gasteiger partial charge on any atom is 0.306 e. The van der Waals surface area contributed by atoms with Crippen molar-refractivity contribution >= 4 is 11.9 Å². The van der Waals surface area contributed by atoms with E-state index in [2.05, 4.69) is 38.2 Å². The van der Waals surface area contributed by atoms with Crippen LogP contribution in [0.5, 0.6) is 0 Å². The van der Waals surface area contributed by atoms with Crippen LogP contribution >= 0.6 is 0 Å². The van der Waals surface area contributed by atoms with E-state index in [0.717, 1.165) is 51.4 Å². The van der Waals surface area contributed by atoms with Gasteiger partial charge in [-0.3, -0.25) is 9.59 Å². The number of nitrogens with one attached hydrogen (secondary N) is 1. The number of ether oxygens (including phenoxy) is 1. The van der Waals surface area contributed by atoms with E-state index in [4.69, 9.17) is 4.74 Å². The van der Waals surface area contributed by atoms with Gasteiger partial charge in [-0.25, -0.2) is 0 Å². The molecular weight excluding hydrogens is 755 g/mol. The van der Waals surface area contributed by atoms with E-state index < -0.39 is 18.2 Å². The molecule has 0 aliphatic heterocycles. The lowest BCUT2D eigenvalue weighted by Crippen LogP contribution is -2.46. The first-order valence-corrected chi connectivity index (χ1v) is 27.4. The minimum absolute atomic E-state index is 0.0640. The molecular formula is C55H107NO5. The van der Waals surface area contributed by atoms with Crippen molar-refractivity contribution in [3.63, 3.8) is 0 Å². The van der Waals surface area contributed by atoms with Gasteiger partial charge in [-0.1, -0.05) is 258 Å². The monoisotopic (exact) mass is 862 g/mol. The lowest BCUT2D eigenvalue weighted by atomic mass is 10.0. The smallest absolute Gasteiger partial charge is 0.306 e. The third kappa shape index (κ3) is 45.0. The first-order valence-electron chi connectivity index (χ1n) is 27.4. The summed E-state index contributed by atoms with van der Waals surface area (Å²) in [5, 5.41) is 23.8. The number of aliphatic hydroxyl groups is 2. The Morgan fingerprint density at radius 2 is 0.803 bits per heavy atom. The van der Waals surface area contributed by atoms with Crippen molar-refractivity contribution in [2.24, 2.45) is 0 Å². The van der Waals surface area contributed by atoms with Gasteiger partial charge in [0.1, 0.15) is 6.10 Å². The van der Waals surface area contributed by atoms with E-state index in [1.807, 2.05) is 0 Å². The zero-order valence-electron chi connectivity index (χ0n) is 41.3. The Labute approximate surface area is 380 Å². The Hall–Kier alpha value is -1.40. The van der Waals surface area contributed by atoms with Gasteiger partial charge >= 0.3 is 5.97 Å². The van der Waals surface area contributed by atoms with Gasteiger partial charge in [0.25, 0.3) is 0 Å². The highest BCUT2D eigenvalue weighted by atomic mass is 16.5. The molecule has 1 amide bonds. The standard InChI is InChI=1S/C55H107NO5/c1-4-7-10-13-16-19-22-25-27-29-32-35-38-41-44-47-53(58)52(50-57)56-54(59)49-51(46-43-40-37-34-31-24-21-18-15-12-9-6-3)61-55(60)48-45-42-39-36-33-30-28-26-23-20-17-14-11-8-5-2/h34,37,51-53,57-58H,4-33,35-36,38-50H2,1-3H3,(H,56,59)/b37-34-. The van der Waals surface area contributed by atoms with E-state index >= 15 is 0 Å². The van der Waals surface area contributed by atoms with Gasteiger partial charge in [-0.2, -0.15) is 0 Å². The van der Waals surface area contributed by atoms with E-state index in [-0.39, 0.29) is 24.9 Å². The van der Waals surface area contributed by atoms with Gasteiger partial charge in [-0.15, -0.1) is 0 Å². The molecule has 0 aromatic heterocycles. The molecule has 362 valence electrons. The number of amides is 1. The van der Waals surface area contributed by atoms with Crippen LogP contribution in [0.15, 0.2) is 12.2 Å². The molecule has 61 heavy (non-hydrogen) atoms. The molecule has 0 aliphatic rings. The molecule has 0 heterocycles. The molecule has 6 heteroatoms. The molecule has 3 unspecified atom stereocenters. The van der Waals surface area contributed by atoms with Crippen LogP contribution in [0.4, 0.5) is 0 Å². The van der Waals surface area contributed by atoms with Crippen molar-refractivity contribution in [3.8, 4) is 0 Å². The molecule has 0 rings (SSSR count). The van der Waals surface area contributed by atoms with Gasteiger partial charge in [0, 0.05) is 6.42 Å². The lowest BCUT2D eigenvalue weighted by molar-refractivity contribution is -0.151. The molecule has 0 fully saturated rings. The molecule has 0 aromatic carbocycles. The molecule has 3 N–H and O–H groups in total. The van der Waals surface area contributed by atoms with Crippen molar-refractivity contribution in [2.45, 2.75) is 322 Å².